The fraction of sp³-hybridized carbons (Fsp3) is 0.292. The summed E-state index contributed by atoms with van der Waals surface area (Å²) >= 11 is 0. The molecule has 0 bridgehead atoms. The fourth-order valence-electron chi connectivity index (χ4n) is 3.57. The van der Waals surface area contributed by atoms with Crippen LogP contribution in [0.4, 0.5) is 4.39 Å². The lowest BCUT2D eigenvalue weighted by atomic mass is 10.2. The van der Waals surface area contributed by atoms with Gasteiger partial charge in [-0.1, -0.05) is 18.2 Å². The molecule has 2 aromatic carbocycles. The number of halogens is 1. The number of furan rings is 1. The van der Waals surface area contributed by atoms with Crippen molar-refractivity contribution in [2.24, 2.45) is 0 Å². The number of methoxy groups -OCH3 is 1. The largest absolute Gasteiger partial charge is 0.497 e. The van der Waals surface area contributed by atoms with Crippen molar-refractivity contribution in [3.63, 3.8) is 0 Å². The van der Waals surface area contributed by atoms with Crippen LogP contribution in [0.25, 0.3) is 0 Å². The highest BCUT2D eigenvalue weighted by molar-refractivity contribution is 5.91. The van der Waals surface area contributed by atoms with E-state index in [1.807, 2.05) is 24.3 Å². The molecule has 3 aromatic rings. The minimum atomic E-state index is -0.227. The minimum Gasteiger partial charge on any atom is -0.497 e. The zero-order valence-corrected chi connectivity index (χ0v) is 17.4. The molecule has 162 valence electrons. The molecular weight excluding hydrogens is 399 g/mol. The molecule has 4 rings (SSSR count). The second kappa shape index (κ2) is 9.66. The van der Waals surface area contributed by atoms with E-state index < -0.39 is 0 Å². The number of rotatable bonds is 7. The summed E-state index contributed by atoms with van der Waals surface area (Å²) in [6, 6.07) is 17.4. The highest BCUT2D eigenvalue weighted by Gasteiger charge is 2.24. The topological polar surface area (TPSA) is 55.2 Å². The molecule has 0 radical (unpaired) electrons. The molecule has 7 heteroatoms. The number of ether oxygens (including phenoxy) is 2. The normalized spacial score (nSPS) is 14.5. The van der Waals surface area contributed by atoms with Gasteiger partial charge in [0.05, 0.1) is 7.11 Å². The zero-order chi connectivity index (χ0) is 21.6. The van der Waals surface area contributed by atoms with Crippen LogP contribution in [0.15, 0.2) is 65.1 Å². The smallest absolute Gasteiger partial charge is 0.289 e. The van der Waals surface area contributed by atoms with E-state index in [4.69, 9.17) is 13.9 Å². The molecule has 0 atom stereocenters. The van der Waals surface area contributed by atoms with E-state index in [0.717, 1.165) is 18.7 Å². The van der Waals surface area contributed by atoms with Crippen molar-refractivity contribution in [3.05, 3.63) is 83.6 Å². The van der Waals surface area contributed by atoms with Gasteiger partial charge in [0, 0.05) is 38.8 Å². The second-order valence-electron chi connectivity index (χ2n) is 7.43. The first-order valence-corrected chi connectivity index (χ1v) is 10.2. The molecule has 1 amide bonds. The molecule has 1 aromatic heterocycles. The van der Waals surface area contributed by atoms with Crippen LogP contribution in [0.3, 0.4) is 0 Å². The van der Waals surface area contributed by atoms with Gasteiger partial charge in [0.25, 0.3) is 5.91 Å². The average Bonchev–Trinajstić information content (AvgIpc) is 3.27. The molecule has 0 saturated carbocycles. The summed E-state index contributed by atoms with van der Waals surface area (Å²) in [5.74, 6) is 1.91. The van der Waals surface area contributed by atoms with E-state index in [-0.39, 0.29) is 18.3 Å². The van der Waals surface area contributed by atoms with Gasteiger partial charge in [-0.2, -0.15) is 0 Å². The number of benzene rings is 2. The maximum Gasteiger partial charge on any atom is 0.289 e. The summed E-state index contributed by atoms with van der Waals surface area (Å²) in [4.78, 5) is 16.8. The molecule has 0 unspecified atom stereocenters. The summed E-state index contributed by atoms with van der Waals surface area (Å²) in [5.41, 5.74) is 0.937. The Labute approximate surface area is 180 Å². The molecule has 1 saturated heterocycles. The van der Waals surface area contributed by atoms with Crippen LogP contribution < -0.4 is 9.47 Å². The van der Waals surface area contributed by atoms with E-state index in [9.17, 15) is 9.18 Å². The van der Waals surface area contributed by atoms with Gasteiger partial charge in [-0.3, -0.25) is 9.69 Å². The van der Waals surface area contributed by atoms with Crippen LogP contribution >= 0.6 is 0 Å². The van der Waals surface area contributed by atoms with Gasteiger partial charge in [0.15, 0.2) is 5.76 Å². The Kier molecular flexibility index (Phi) is 6.52. The summed E-state index contributed by atoms with van der Waals surface area (Å²) in [7, 11) is 1.60. The number of piperazine rings is 1. The Hall–Kier alpha value is -3.32. The van der Waals surface area contributed by atoms with Crippen LogP contribution in [0.5, 0.6) is 11.5 Å². The average molecular weight is 424 g/mol. The number of amides is 1. The predicted molar refractivity (Wildman–Crippen MR) is 114 cm³/mol. The lowest BCUT2D eigenvalue weighted by Gasteiger charge is -2.34. The Morgan fingerprint density at radius 1 is 1.00 bits per heavy atom. The van der Waals surface area contributed by atoms with Gasteiger partial charge in [0.2, 0.25) is 0 Å². The van der Waals surface area contributed by atoms with Gasteiger partial charge < -0.3 is 18.8 Å². The van der Waals surface area contributed by atoms with Gasteiger partial charge in [-0.25, -0.2) is 4.39 Å². The van der Waals surface area contributed by atoms with Gasteiger partial charge in [-0.05, 0) is 42.0 Å². The Bertz CT molecular complexity index is 1030. The van der Waals surface area contributed by atoms with Crippen molar-refractivity contribution >= 4 is 5.91 Å². The molecule has 6 nitrogen and oxygen atoms in total. The Balaban J connectivity index is 1.28. The number of nitrogens with zero attached hydrogens (tertiary/aromatic N) is 2. The molecule has 2 heterocycles. The SMILES string of the molecule is COc1cccc(OCc2ccc(C(=O)N3CCN(Cc4cccc(F)c4)CC3)o2)c1. The van der Waals surface area contributed by atoms with Gasteiger partial charge in [0.1, 0.15) is 29.7 Å². The van der Waals surface area contributed by atoms with Crippen LogP contribution in [0.1, 0.15) is 21.9 Å². The van der Waals surface area contributed by atoms with Crippen molar-refractivity contribution in [1.29, 1.82) is 0 Å². The Morgan fingerprint density at radius 2 is 1.77 bits per heavy atom. The van der Waals surface area contributed by atoms with Crippen molar-refractivity contribution in [2.45, 2.75) is 13.2 Å². The van der Waals surface area contributed by atoms with Crippen molar-refractivity contribution in [2.75, 3.05) is 33.3 Å². The first kappa shape index (κ1) is 20.9. The summed E-state index contributed by atoms with van der Waals surface area (Å²) < 4.78 is 30.0. The standard InChI is InChI=1S/C24H25FN2O4/c1-29-20-6-3-7-21(15-20)30-17-22-8-9-23(31-22)24(28)27-12-10-26(11-13-27)16-18-4-2-5-19(25)14-18/h2-9,14-15H,10-13,16-17H2,1H3. The first-order chi connectivity index (χ1) is 15.1. The zero-order valence-electron chi connectivity index (χ0n) is 17.4. The van der Waals surface area contributed by atoms with Crippen molar-refractivity contribution in [1.82, 2.24) is 9.80 Å². The fourth-order valence-corrected chi connectivity index (χ4v) is 3.57. The third-order valence-corrected chi connectivity index (χ3v) is 5.25. The third kappa shape index (κ3) is 5.44. The lowest BCUT2D eigenvalue weighted by Crippen LogP contribution is -2.48. The predicted octanol–water partition coefficient (Wildman–Crippen LogP) is 3.96. The van der Waals surface area contributed by atoms with Crippen molar-refractivity contribution in [3.8, 4) is 11.5 Å². The molecular formula is C24H25FN2O4. The van der Waals surface area contributed by atoms with E-state index in [1.54, 1.807) is 42.3 Å². The third-order valence-electron chi connectivity index (χ3n) is 5.25. The second-order valence-corrected chi connectivity index (χ2v) is 7.43. The van der Waals surface area contributed by atoms with E-state index in [1.165, 1.54) is 6.07 Å². The quantitative estimate of drug-likeness (QED) is 0.575. The minimum absolute atomic E-state index is 0.127. The summed E-state index contributed by atoms with van der Waals surface area (Å²) in [6.07, 6.45) is 0. The van der Waals surface area contributed by atoms with E-state index in [2.05, 4.69) is 4.90 Å². The molecule has 1 aliphatic heterocycles. The maximum atomic E-state index is 13.4. The van der Waals surface area contributed by atoms with Crippen molar-refractivity contribution < 1.29 is 23.1 Å². The summed E-state index contributed by atoms with van der Waals surface area (Å²) in [5, 5.41) is 0. The van der Waals surface area contributed by atoms with Crippen LogP contribution in [0, 0.1) is 5.82 Å². The first-order valence-electron chi connectivity index (χ1n) is 10.2. The molecule has 1 aliphatic rings. The van der Waals surface area contributed by atoms with E-state index >= 15 is 0 Å². The molecule has 0 N–H and O–H groups in total. The monoisotopic (exact) mass is 424 g/mol. The number of hydrogen-bond acceptors (Lipinski definition) is 5. The Morgan fingerprint density at radius 3 is 2.55 bits per heavy atom. The van der Waals surface area contributed by atoms with E-state index in [0.29, 0.717) is 42.7 Å². The summed E-state index contributed by atoms with van der Waals surface area (Å²) in [6.45, 7) is 3.56. The van der Waals surface area contributed by atoms with Gasteiger partial charge >= 0.3 is 0 Å². The van der Waals surface area contributed by atoms with Crippen LogP contribution in [-0.4, -0.2) is 49.0 Å². The molecule has 0 aliphatic carbocycles. The highest BCUT2D eigenvalue weighted by atomic mass is 19.1. The molecule has 0 spiro atoms. The number of carbonyl (C=O) groups excluding carboxylic acids is 1. The lowest BCUT2D eigenvalue weighted by molar-refractivity contribution is 0.0594. The number of hydrogen-bond donors (Lipinski definition) is 0. The van der Waals surface area contributed by atoms with Crippen LogP contribution in [0.2, 0.25) is 0 Å². The maximum absolute atomic E-state index is 13.4. The molecule has 31 heavy (non-hydrogen) atoms. The number of carbonyl (C=O) groups is 1. The molecule has 1 fully saturated rings. The highest BCUT2D eigenvalue weighted by Crippen LogP contribution is 2.21. The van der Waals surface area contributed by atoms with Gasteiger partial charge in [-0.15, -0.1) is 0 Å². The van der Waals surface area contributed by atoms with Crippen LogP contribution in [-0.2, 0) is 13.2 Å².